The third-order valence-corrected chi connectivity index (χ3v) is 7.22. The Morgan fingerprint density at radius 2 is 2.03 bits per heavy atom. The van der Waals surface area contributed by atoms with Gasteiger partial charge in [-0.1, -0.05) is 58.8 Å². The zero-order chi connectivity index (χ0) is 24.2. The maximum atomic E-state index is 9.34. The molecular weight excluding hydrogens is 490 g/mol. The fourth-order valence-electron chi connectivity index (χ4n) is 4.24. The third kappa shape index (κ3) is 5.14. The van der Waals surface area contributed by atoms with Crippen molar-refractivity contribution in [1.29, 1.82) is 0 Å². The second-order valence-electron chi connectivity index (χ2n) is 7.98. The lowest BCUT2D eigenvalue weighted by atomic mass is 9.96. The van der Waals surface area contributed by atoms with Crippen molar-refractivity contribution in [2.24, 2.45) is 5.11 Å². The SMILES string of the molecule is COC1C(N=[N+]=[N-])[C@H]2OC(c3ccccc3)OCC2O[C@@H]1Sc1cc(Cl)cnc1-c1cccnc1. The van der Waals surface area contributed by atoms with Crippen molar-refractivity contribution >= 4 is 23.4 Å². The number of thioether (sulfide) groups is 1. The van der Waals surface area contributed by atoms with Gasteiger partial charge in [0, 0.05) is 46.6 Å². The second-order valence-corrected chi connectivity index (χ2v) is 9.55. The highest BCUT2D eigenvalue weighted by Crippen LogP contribution is 2.43. The first kappa shape index (κ1) is 24.0. The van der Waals surface area contributed by atoms with E-state index in [0.717, 1.165) is 16.0 Å². The van der Waals surface area contributed by atoms with Gasteiger partial charge in [0.25, 0.3) is 0 Å². The normalized spacial score (nSPS) is 28.1. The molecule has 5 rings (SSSR count). The topological polar surface area (TPSA) is 111 Å². The summed E-state index contributed by atoms with van der Waals surface area (Å²) in [5.41, 5.74) is 11.2. The molecular formula is C24H22ClN5O4S. The maximum absolute atomic E-state index is 9.34. The number of pyridine rings is 2. The number of hydrogen-bond acceptors (Lipinski definition) is 8. The molecule has 3 aromatic rings. The second kappa shape index (κ2) is 10.9. The number of benzene rings is 1. The molecule has 2 aromatic heterocycles. The van der Waals surface area contributed by atoms with Crippen molar-refractivity contribution in [3.8, 4) is 11.3 Å². The molecule has 0 N–H and O–H groups in total. The maximum Gasteiger partial charge on any atom is 0.184 e. The van der Waals surface area contributed by atoms with Crippen LogP contribution in [0.4, 0.5) is 0 Å². The Hall–Kier alpha value is -2.69. The number of halogens is 1. The van der Waals surface area contributed by atoms with Crippen LogP contribution in [0, 0.1) is 0 Å². The van der Waals surface area contributed by atoms with E-state index in [4.69, 9.17) is 30.5 Å². The molecule has 2 fully saturated rings. The molecule has 2 saturated heterocycles. The van der Waals surface area contributed by atoms with E-state index in [1.54, 1.807) is 25.7 Å². The molecule has 11 heteroatoms. The lowest BCUT2D eigenvalue weighted by Crippen LogP contribution is -2.60. The van der Waals surface area contributed by atoms with Crippen LogP contribution in [0.5, 0.6) is 0 Å². The Labute approximate surface area is 211 Å². The van der Waals surface area contributed by atoms with Gasteiger partial charge in [-0.3, -0.25) is 9.97 Å². The van der Waals surface area contributed by atoms with E-state index >= 15 is 0 Å². The van der Waals surface area contributed by atoms with Gasteiger partial charge in [-0.25, -0.2) is 0 Å². The number of aromatic nitrogens is 2. The van der Waals surface area contributed by atoms with Crippen LogP contribution in [0.15, 0.2) is 77.1 Å². The first-order valence-electron chi connectivity index (χ1n) is 10.9. The van der Waals surface area contributed by atoms with Crippen LogP contribution < -0.4 is 0 Å². The molecule has 0 amide bonds. The summed E-state index contributed by atoms with van der Waals surface area (Å²) in [6.45, 7) is 0.276. The van der Waals surface area contributed by atoms with Gasteiger partial charge in [-0.15, -0.1) is 0 Å². The monoisotopic (exact) mass is 511 g/mol. The van der Waals surface area contributed by atoms with Crippen LogP contribution in [0.1, 0.15) is 11.9 Å². The van der Waals surface area contributed by atoms with Gasteiger partial charge in [0.05, 0.1) is 23.4 Å². The number of nitrogens with zero attached hydrogens (tertiary/aromatic N) is 5. The summed E-state index contributed by atoms with van der Waals surface area (Å²) in [5, 5.41) is 4.56. The lowest BCUT2D eigenvalue weighted by Gasteiger charge is -2.47. The highest BCUT2D eigenvalue weighted by Gasteiger charge is 2.50. The molecule has 1 aromatic carbocycles. The molecule has 0 radical (unpaired) electrons. The van der Waals surface area contributed by atoms with Gasteiger partial charge in [-0.05, 0) is 23.7 Å². The molecule has 4 heterocycles. The molecule has 180 valence electrons. The molecule has 0 saturated carbocycles. The standard InChI is InChI=1S/C24H22ClN5O4S/c1-31-22-20(29-30-26)21-17(13-32-23(34-21)14-6-3-2-4-7-14)33-24(22)35-18-10-16(25)12-28-19(18)15-8-5-9-27-11-15/h2-12,17,20-24H,13H2,1H3/t17?,20?,21-,22?,23?,24+/m0/s1. The van der Waals surface area contributed by atoms with E-state index in [2.05, 4.69) is 20.0 Å². The highest BCUT2D eigenvalue weighted by molar-refractivity contribution is 8.00. The first-order valence-corrected chi connectivity index (χ1v) is 12.2. The predicted octanol–water partition coefficient (Wildman–Crippen LogP) is 5.42. The lowest BCUT2D eigenvalue weighted by molar-refractivity contribution is -0.298. The van der Waals surface area contributed by atoms with Crippen molar-refractivity contribution in [2.75, 3.05) is 13.7 Å². The molecule has 9 nitrogen and oxygen atoms in total. The summed E-state index contributed by atoms with van der Waals surface area (Å²) in [5.74, 6) is 0. The Kier molecular flexibility index (Phi) is 7.50. The largest absolute Gasteiger partial charge is 0.377 e. The van der Waals surface area contributed by atoms with Crippen LogP contribution in [0.25, 0.3) is 21.7 Å². The zero-order valence-corrected chi connectivity index (χ0v) is 20.2. The number of hydrogen-bond donors (Lipinski definition) is 0. The minimum Gasteiger partial charge on any atom is -0.377 e. The van der Waals surface area contributed by atoms with E-state index in [9.17, 15) is 5.53 Å². The number of rotatable bonds is 6. The van der Waals surface area contributed by atoms with Gasteiger partial charge < -0.3 is 18.9 Å². The molecule has 0 spiro atoms. The minimum atomic E-state index is -0.634. The third-order valence-electron chi connectivity index (χ3n) is 5.84. The highest BCUT2D eigenvalue weighted by atomic mass is 35.5. The van der Waals surface area contributed by atoms with Gasteiger partial charge in [-0.2, -0.15) is 0 Å². The zero-order valence-electron chi connectivity index (χ0n) is 18.7. The van der Waals surface area contributed by atoms with Gasteiger partial charge >= 0.3 is 0 Å². The van der Waals surface area contributed by atoms with E-state index in [1.165, 1.54) is 11.8 Å². The van der Waals surface area contributed by atoms with Crippen molar-refractivity contribution in [2.45, 2.75) is 41.0 Å². The van der Waals surface area contributed by atoms with Gasteiger partial charge in [0.15, 0.2) is 6.29 Å². The molecule has 6 atom stereocenters. The van der Waals surface area contributed by atoms with E-state index < -0.39 is 36.1 Å². The number of fused-ring (bicyclic) bond motifs is 1. The fourth-order valence-corrected chi connectivity index (χ4v) is 5.79. The average molecular weight is 512 g/mol. The predicted molar refractivity (Wildman–Crippen MR) is 131 cm³/mol. The summed E-state index contributed by atoms with van der Waals surface area (Å²) in [6, 6.07) is 14.6. The molecule has 35 heavy (non-hydrogen) atoms. The van der Waals surface area contributed by atoms with Crippen molar-refractivity contribution in [1.82, 2.24) is 9.97 Å². The Bertz CT molecular complexity index is 1200. The summed E-state index contributed by atoms with van der Waals surface area (Å²) < 4.78 is 24.4. The average Bonchev–Trinajstić information content (AvgIpc) is 2.90. The summed E-state index contributed by atoms with van der Waals surface area (Å²) in [4.78, 5) is 12.6. The number of azide groups is 1. The van der Waals surface area contributed by atoms with E-state index in [0.29, 0.717) is 10.7 Å². The van der Waals surface area contributed by atoms with Crippen molar-refractivity contribution in [3.63, 3.8) is 0 Å². The minimum absolute atomic E-state index is 0.276. The quantitative estimate of drug-likeness (QED) is 0.246. The van der Waals surface area contributed by atoms with Crippen LogP contribution in [-0.4, -0.2) is 53.5 Å². The Balaban J connectivity index is 1.44. The molecule has 4 unspecified atom stereocenters. The fraction of sp³-hybridized carbons (Fsp3) is 0.333. The van der Waals surface area contributed by atoms with Crippen LogP contribution in [0.2, 0.25) is 5.02 Å². The van der Waals surface area contributed by atoms with Gasteiger partial charge in [0.1, 0.15) is 23.7 Å². The van der Waals surface area contributed by atoms with Gasteiger partial charge in [0.2, 0.25) is 0 Å². The van der Waals surface area contributed by atoms with Crippen molar-refractivity contribution in [3.05, 3.63) is 88.2 Å². The molecule has 0 bridgehead atoms. The molecule has 2 aliphatic heterocycles. The summed E-state index contributed by atoms with van der Waals surface area (Å²) >= 11 is 7.68. The van der Waals surface area contributed by atoms with E-state index in [1.807, 2.05) is 48.5 Å². The number of ether oxygens (including phenoxy) is 4. The van der Waals surface area contributed by atoms with Crippen LogP contribution >= 0.6 is 23.4 Å². The van der Waals surface area contributed by atoms with Crippen molar-refractivity contribution < 1.29 is 18.9 Å². The van der Waals surface area contributed by atoms with Crippen LogP contribution in [0.3, 0.4) is 0 Å². The van der Waals surface area contributed by atoms with Crippen LogP contribution in [-0.2, 0) is 18.9 Å². The Morgan fingerprint density at radius 1 is 1.17 bits per heavy atom. The number of methoxy groups -OCH3 is 1. The summed E-state index contributed by atoms with van der Waals surface area (Å²) in [7, 11) is 1.56. The summed E-state index contributed by atoms with van der Waals surface area (Å²) in [6.07, 6.45) is 2.86. The molecule has 0 aliphatic carbocycles. The smallest absolute Gasteiger partial charge is 0.184 e. The van der Waals surface area contributed by atoms with E-state index in [-0.39, 0.29) is 6.61 Å². The molecule has 2 aliphatic rings. The first-order chi connectivity index (χ1) is 17.2. The Morgan fingerprint density at radius 3 is 2.77 bits per heavy atom.